The van der Waals surface area contributed by atoms with Gasteiger partial charge in [0.05, 0.1) is 42.0 Å². The highest BCUT2D eigenvalue weighted by Crippen LogP contribution is 2.55. The van der Waals surface area contributed by atoms with Gasteiger partial charge in [0.1, 0.15) is 18.9 Å². The average molecular weight is 1080 g/mol. The maximum absolute atomic E-state index is 14.6. The predicted molar refractivity (Wildman–Crippen MR) is 292 cm³/mol. The fourth-order valence-corrected chi connectivity index (χ4v) is 12.4. The Morgan fingerprint density at radius 2 is 1.37 bits per heavy atom. The first-order chi connectivity index (χ1) is 36.2. The van der Waals surface area contributed by atoms with Gasteiger partial charge in [-0.2, -0.15) is 9.78 Å². The molecule has 4 heterocycles. The molecule has 1 unspecified atom stereocenters. The van der Waals surface area contributed by atoms with E-state index in [0.717, 1.165) is 46.4 Å². The summed E-state index contributed by atoms with van der Waals surface area (Å²) in [5, 5.41) is 21.0. The van der Waals surface area contributed by atoms with Crippen LogP contribution in [0.1, 0.15) is 58.7 Å². The first-order valence-corrected chi connectivity index (χ1v) is 26.2. The van der Waals surface area contributed by atoms with Crippen molar-refractivity contribution in [1.82, 2.24) is 34.1 Å². The number of nitrogens with one attached hydrogen (secondary N) is 1. The third kappa shape index (κ3) is 8.41. The number of hydrazone groups is 1. The second kappa shape index (κ2) is 18.9. The van der Waals surface area contributed by atoms with Crippen LogP contribution in [-0.2, 0) is 53.6 Å². The number of halogens is 4. The van der Waals surface area contributed by atoms with Crippen molar-refractivity contribution in [3.05, 3.63) is 220 Å². The maximum Gasteiger partial charge on any atom is 0.352 e. The standard InChI is InChI=1S/C56H49Cl4N11O4/c1-54(39-10-16-42(59)17-11-39)56(27-25-36-4-2-3-5-47(36)56)34-70(65-54)50-63-68(31-35-6-12-40(57)13-7-35)52(73)66(50)28-29-75-45-22-23-46-38(30-45)24-26-55(46)33-69(62-49(55)37-8-14-41(58)15-9-37)51-64-71(44-20-18-43(60)19-21-44)53(74)67(51)32-48(61)72/h2-23,30,65H,24-29,31-34H2,1H3,(H2,61,72)/t54?,55-,56-/m1/s1. The molecule has 2 spiro atoms. The number of aromatic nitrogens is 6. The topological polar surface area (TPSA) is 163 Å². The fourth-order valence-electron chi connectivity index (χ4n) is 11.9. The number of nitrogens with zero attached hydrogens (tertiary/aromatic N) is 9. The van der Waals surface area contributed by atoms with Crippen molar-refractivity contribution in [3.63, 3.8) is 0 Å². The number of nitrogens with two attached hydrogens (primary N) is 1. The molecule has 0 bridgehead atoms. The van der Waals surface area contributed by atoms with Gasteiger partial charge in [-0.25, -0.2) is 29.3 Å². The highest BCUT2D eigenvalue weighted by atomic mass is 35.5. The van der Waals surface area contributed by atoms with E-state index < -0.39 is 29.1 Å². The number of aryl methyl sites for hydroxylation is 2. The first kappa shape index (κ1) is 48.8. The van der Waals surface area contributed by atoms with Crippen molar-refractivity contribution in [3.8, 4) is 11.4 Å². The molecule has 4 aliphatic rings. The number of rotatable bonds is 13. The van der Waals surface area contributed by atoms with Gasteiger partial charge in [-0.05, 0) is 144 Å². The molecular weight excluding hydrogens is 1030 g/mol. The highest BCUT2D eigenvalue weighted by molar-refractivity contribution is 6.31. The van der Waals surface area contributed by atoms with E-state index in [2.05, 4.69) is 60.9 Å². The van der Waals surface area contributed by atoms with Crippen LogP contribution in [0.3, 0.4) is 0 Å². The van der Waals surface area contributed by atoms with Crippen molar-refractivity contribution in [2.24, 2.45) is 10.8 Å². The van der Waals surface area contributed by atoms with Crippen molar-refractivity contribution < 1.29 is 9.53 Å². The lowest BCUT2D eigenvalue weighted by Crippen LogP contribution is -2.50. The summed E-state index contributed by atoms with van der Waals surface area (Å²) in [5.74, 6) is 0.583. The third-order valence-electron chi connectivity index (χ3n) is 15.6. The van der Waals surface area contributed by atoms with E-state index in [9.17, 15) is 14.4 Å². The minimum absolute atomic E-state index is 0.165. The number of ether oxygens (including phenoxy) is 1. The van der Waals surface area contributed by atoms with E-state index in [0.29, 0.717) is 63.4 Å². The van der Waals surface area contributed by atoms with Crippen molar-refractivity contribution in [2.45, 2.75) is 68.6 Å². The van der Waals surface area contributed by atoms with Gasteiger partial charge in [-0.3, -0.25) is 14.4 Å². The minimum Gasteiger partial charge on any atom is -0.492 e. The Balaban J connectivity index is 0.858. The summed E-state index contributed by atoms with van der Waals surface area (Å²) in [7, 11) is 0. The SMILES string of the molecule is CC1(c2ccc(Cl)cc2)NN(c2nn(Cc3ccc(Cl)cc3)c(=O)n2CCOc2ccc3c(c2)CC[C@@]32CN(c3nn(-c4ccc(Cl)cc4)c(=O)n3CC(N)=O)N=C2c2ccc(Cl)cc2)C[C@@]12CCc1ccccc12. The predicted octanol–water partition coefficient (Wildman–Crippen LogP) is 8.85. The summed E-state index contributed by atoms with van der Waals surface area (Å²) in [6.07, 6.45) is 3.19. The Morgan fingerprint density at radius 1 is 0.707 bits per heavy atom. The van der Waals surface area contributed by atoms with Gasteiger partial charge in [0.25, 0.3) is 0 Å². The second-order valence-electron chi connectivity index (χ2n) is 19.9. The largest absolute Gasteiger partial charge is 0.492 e. The zero-order valence-electron chi connectivity index (χ0n) is 40.6. The fraction of sp³-hybridized carbons (Fsp3) is 0.250. The van der Waals surface area contributed by atoms with Crippen LogP contribution < -0.4 is 37.3 Å². The number of hydrazine groups is 1. The highest BCUT2D eigenvalue weighted by Gasteiger charge is 2.60. The Kier molecular flexibility index (Phi) is 12.3. The number of hydrogen-bond donors (Lipinski definition) is 2. The number of carbonyl (C=O) groups is 1. The molecule has 6 aromatic carbocycles. The zero-order valence-corrected chi connectivity index (χ0v) is 43.6. The number of carbonyl (C=O) groups excluding carboxylic acids is 1. The molecule has 3 atom stereocenters. The van der Waals surface area contributed by atoms with Crippen LogP contribution in [0.15, 0.2) is 154 Å². The molecule has 380 valence electrons. The molecule has 2 aliphatic carbocycles. The van der Waals surface area contributed by atoms with E-state index in [4.69, 9.17) is 72.2 Å². The molecule has 3 N–H and O–H groups in total. The monoisotopic (exact) mass is 1080 g/mol. The number of primary amides is 1. The van der Waals surface area contributed by atoms with Crippen LogP contribution in [0.25, 0.3) is 5.69 Å². The van der Waals surface area contributed by atoms with Crippen LogP contribution in [0.2, 0.25) is 20.1 Å². The number of fused-ring (bicyclic) bond motifs is 4. The van der Waals surface area contributed by atoms with E-state index in [-0.39, 0.29) is 36.7 Å². The van der Waals surface area contributed by atoms with Crippen LogP contribution in [-0.4, -0.2) is 60.0 Å². The molecule has 1 saturated heterocycles. The van der Waals surface area contributed by atoms with Crippen LogP contribution >= 0.6 is 46.4 Å². The molecule has 8 aromatic rings. The van der Waals surface area contributed by atoms with Gasteiger partial charge in [0, 0.05) is 32.1 Å². The Hall–Kier alpha value is -7.14. The van der Waals surface area contributed by atoms with Crippen molar-refractivity contribution in [2.75, 3.05) is 29.7 Å². The lowest BCUT2D eigenvalue weighted by Gasteiger charge is -2.40. The van der Waals surface area contributed by atoms with Gasteiger partial charge < -0.3 is 10.5 Å². The lowest BCUT2D eigenvalue weighted by molar-refractivity contribution is -0.118. The average Bonchev–Trinajstić information content (AvgIpc) is 4.35. The maximum atomic E-state index is 14.6. The summed E-state index contributed by atoms with van der Waals surface area (Å²) in [4.78, 5) is 41.0. The van der Waals surface area contributed by atoms with Crippen LogP contribution in [0.4, 0.5) is 11.9 Å². The van der Waals surface area contributed by atoms with Crippen LogP contribution in [0.5, 0.6) is 5.75 Å². The number of benzene rings is 6. The van der Waals surface area contributed by atoms with Gasteiger partial charge in [0.15, 0.2) is 0 Å². The quantitative estimate of drug-likeness (QED) is 0.115. The lowest BCUT2D eigenvalue weighted by atomic mass is 9.65. The Bertz CT molecular complexity index is 3690. The summed E-state index contributed by atoms with van der Waals surface area (Å²) >= 11 is 25.3. The molecule has 15 nitrogen and oxygen atoms in total. The van der Waals surface area contributed by atoms with E-state index >= 15 is 0 Å². The van der Waals surface area contributed by atoms with E-state index in [1.54, 1.807) is 33.8 Å². The molecule has 1 amide bonds. The van der Waals surface area contributed by atoms with Crippen LogP contribution in [0, 0.1) is 0 Å². The summed E-state index contributed by atoms with van der Waals surface area (Å²) in [5.41, 5.74) is 15.9. The summed E-state index contributed by atoms with van der Waals surface area (Å²) in [6, 6.07) is 44.3. The van der Waals surface area contributed by atoms with Crippen molar-refractivity contribution in [1.29, 1.82) is 0 Å². The zero-order chi connectivity index (χ0) is 51.8. The molecule has 19 heteroatoms. The van der Waals surface area contributed by atoms with E-state index in [1.807, 2.05) is 71.7 Å². The molecule has 75 heavy (non-hydrogen) atoms. The molecule has 2 aromatic heterocycles. The minimum atomic E-state index is -0.704. The smallest absolute Gasteiger partial charge is 0.352 e. The number of hydrogen-bond acceptors (Lipinski definition) is 10. The molecule has 0 radical (unpaired) electrons. The van der Waals surface area contributed by atoms with Crippen molar-refractivity contribution >= 4 is 69.9 Å². The number of anilines is 2. The summed E-state index contributed by atoms with van der Waals surface area (Å²) < 4.78 is 12.2. The second-order valence-corrected chi connectivity index (χ2v) is 21.6. The normalized spacial score (nSPS) is 20.6. The Labute approximate surface area is 451 Å². The molecule has 0 saturated carbocycles. The van der Waals surface area contributed by atoms with Gasteiger partial charge in [-0.15, -0.1) is 10.2 Å². The Morgan fingerprint density at radius 3 is 2.09 bits per heavy atom. The van der Waals surface area contributed by atoms with E-state index in [1.165, 1.54) is 25.1 Å². The number of amides is 1. The summed E-state index contributed by atoms with van der Waals surface area (Å²) in [6.45, 7) is 3.31. The van der Waals surface area contributed by atoms with Gasteiger partial charge in [0.2, 0.25) is 17.8 Å². The molecule has 1 fully saturated rings. The molecular formula is C56H49Cl4N11O4. The third-order valence-corrected chi connectivity index (χ3v) is 16.6. The molecule has 2 aliphatic heterocycles. The van der Waals surface area contributed by atoms with Gasteiger partial charge in [-0.1, -0.05) is 113 Å². The first-order valence-electron chi connectivity index (χ1n) is 24.7. The van der Waals surface area contributed by atoms with Gasteiger partial charge >= 0.3 is 11.4 Å². The molecule has 12 rings (SSSR count).